The standard InChI is InChI=1S/C28H35N3O2S/c1-18-9-10-23-21(15-18)19(2)24(29-23)16-31-13-11-28(12-14-31)22-8-6-5-7-20(22)26(27(28)33-3)30-25(32)17-34-4/h5-10,15,26-27,29H,11-14,16-17H2,1-4H3,(H,30,32)/t26-,27+/m1/s1. The molecule has 1 aromatic heterocycles. The van der Waals surface area contributed by atoms with Crippen LogP contribution in [-0.2, 0) is 21.5 Å². The van der Waals surface area contributed by atoms with E-state index < -0.39 is 0 Å². The number of nitrogens with one attached hydrogen (secondary N) is 2. The van der Waals surface area contributed by atoms with Gasteiger partial charge in [-0.1, -0.05) is 35.9 Å². The molecular formula is C28H35N3O2S. The number of fused-ring (bicyclic) bond motifs is 3. The van der Waals surface area contributed by atoms with Gasteiger partial charge in [-0.05, 0) is 74.9 Å². The highest BCUT2D eigenvalue weighted by Gasteiger charge is 2.53. The van der Waals surface area contributed by atoms with Crippen molar-refractivity contribution in [2.24, 2.45) is 0 Å². The van der Waals surface area contributed by atoms with E-state index in [9.17, 15) is 4.79 Å². The summed E-state index contributed by atoms with van der Waals surface area (Å²) in [6, 6.07) is 15.2. The number of aromatic amines is 1. The summed E-state index contributed by atoms with van der Waals surface area (Å²) in [6.07, 6.45) is 3.96. The number of aromatic nitrogens is 1. The number of amides is 1. The molecular weight excluding hydrogens is 442 g/mol. The zero-order valence-corrected chi connectivity index (χ0v) is 21.4. The average Bonchev–Trinajstić information content (AvgIpc) is 3.27. The van der Waals surface area contributed by atoms with Crippen molar-refractivity contribution in [3.8, 4) is 0 Å². The van der Waals surface area contributed by atoms with Crippen molar-refractivity contribution >= 4 is 28.6 Å². The Morgan fingerprint density at radius 3 is 2.71 bits per heavy atom. The number of aryl methyl sites for hydroxylation is 2. The minimum atomic E-state index is -0.0911. The fourth-order valence-electron chi connectivity index (χ4n) is 6.26. The van der Waals surface area contributed by atoms with E-state index in [1.54, 1.807) is 18.9 Å². The normalized spacial score (nSPS) is 21.8. The summed E-state index contributed by atoms with van der Waals surface area (Å²) in [4.78, 5) is 18.7. The second kappa shape index (κ2) is 9.40. The summed E-state index contributed by atoms with van der Waals surface area (Å²) in [7, 11) is 1.80. The molecule has 5 rings (SSSR count). The quantitative estimate of drug-likeness (QED) is 0.532. The van der Waals surface area contributed by atoms with Crippen LogP contribution in [0.15, 0.2) is 42.5 Å². The maximum atomic E-state index is 12.5. The van der Waals surface area contributed by atoms with E-state index >= 15 is 0 Å². The van der Waals surface area contributed by atoms with Crippen LogP contribution >= 0.6 is 11.8 Å². The van der Waals surface area contributed by atoms with Crippen molar-refractivity contribution in [1.82, 2.24) is 15.2 Å². The zero-order chi connectivity index (χ0) is 23.9. The SMILES string of the molecule is CO[C@H]1[C@H](NC(=O)CSC)c2ccccc2C12CCN(Cc1[nH]c3ccc(C)cc3c1C)CC2. The highest BCUT2D eigenvalue weighted by atomic mass is 32.2. The first-order valence-electron chi connectivity index (χ1n) is 12.2. The van der Waals surface area contributed by atoms with E-state index in [0.717, 1.165) is 32.5 Å². The Morgan fingerprint density at radius 1 is 1.21 bits per heavy atom. The second-order valence-corrected chi connectivity index (χ2v) is 10.8. The number of rotatable bonds is 6. The molecule has 1 amide bonds. The van der Waals surface area contributed by atoms with E-state index in [1.807, 2.05) is 6.26 Å². The maximum absolute atomic E-state index is 12.5. The van der Waals surface area contributed by atoms with Crippen LogP contribution in [0.2, 0.25) is 0 Å². The second-order valence-electron chi connectivity index (χ2n) is 9.93. The summed E-state index contributed by atoms with van der Waals surface area (Å²) in [5.41, 5.74) is 7.70. The van der Waals surface area contributed by atoms with E-state index in [4.69, 9.17) is 4.74 Å². The fourth-order valence-corrected chi connectivity index (χ4v) is 6.61. The number of H-pyrrole nitrogens is 1. The van der Waals surface area contributed by atoms with Crippen LogP contribution in [0.5, 0.6) is 0 Å². The molecule has 2 atom stereocenters. The smallest absolute Gasteiger partial charge is 0.230 e. The number of benzene rings is 2. The molecule has 1 aliphatic carbocycles. The number of hydrogen-bond donors (Lipinski definition) is 2. The summed E-state index contributed by atoms with van der Waals surface area (Å²) in [5.74, 6) is 0.549. The monoisotopic (exact) mass is 477 g/mol. The average molecular weight is 478 g/mol. The highest BCUT2D eigenvalue weighted by Crippen LogP contribution is 2.52. The van der Waals surface area contributed by atoms with Crippen molar-refractivity contribution < 1.29 is 9.53 Å². The fraction of sp³-hybridized carbons (Fsp3) is 0.464. The molecule has 1 spiro atoms. The number of carbonyl (C=O) groups excluding carboxylic acids is 1. The number of hydrogen-bond acceptors (Lipinski definition) is 4. The van der Waals surface area contributed by atoms with Crippen molar-refractivity contribution in [3.63, 3.8) is 0 Å². The molecule has 180 valence electrons. The lowest BCUT2D eigenvalue weighted by Crippen LogP contribution is -2.50. The maximum Gasteiger partial charge on any atom is 0.230 e. The molecule has 0 saturated carbocycles. The van der Waals surface area contributed by atoms with E-state index in [-0.39, 0.29) is 23.5 Å². The largest absolute Gasteiger partial charge is 0.378 e. The van der Waals surface area contributed by atoms with Crippen molar-refractivity contribution in [3.05, 3.63) is 70.4 Å². The molecule has 6 heteroatoms. The Labute approximate surface area is 206 Å². The molecule has 0 unspecified atom stereocenters. The minimum Gasteiger partial charge on any atom is -0.378 e. The van der Waals surface area contributed by atoms with Crippen molar-refractivity contribution in [2.75, 3.05) is 32.2 Å². The molecule has 2 heterocycles. The number of carbonyl (C=O) groups is 1. The van der Waals surface area contributed by atoms with Gasteiger partial charge >= 0.3 is 0 Å². The Balaban J connectivity index is 1.37. The van der Waals surface area contributed by atoms with Crippen LogP contribution in [0.3, 0.4) is 0 Å². The summed E-state index contributed by atoms with van der Waals surface area (Å²) >= 11 is 1.55. The molecule has 1 fully saturated rings. The first-order valence-corrected chi connectivity index (χ1v) is 13.6. The van der Waals surface area contributed by atoms with Crippen LogP contribution in [0.4, 0.5) is 0 Å². The summed E-state index contributed by atoms with van der Waals surface area (Å²) < 4.78 is 6.16. The third-order valence-corrected chi connectivity index (χ3v) is 8.52. The van der Waals surface area contributed by atoms with Gasteiger partial charge in [-0.2, -0.15) is 11.8 Å². The number of nitrogens with zero attached hydrogens (tertiary/aromatic N) is 1. The molecule has 2 N–H and O–H groups in total. The molecule has 0 bridgehead atoms. The lowest BCUT2D eigenvalue weighted by atomic mass is 9.72. The molecule has 2 aliphatic rings. The van der Waals surface area contributed by atoms with Crippen molar-refractivity contribution in [1.29, 1.82) is 0 Å². The number of thioether (sulfide) groups is 1. The van der Waals surface area contributed by atoms with E-state index in [0.29, 0.717) is 5.75 Å². The van der Waals surface area contributed by atoms with Crippen LogP contribution in [0.1, 0.15) is 46.8 Å². The molecule has 0 radical (unpaired) electrons. The van der Waals surface area contributed by atoms with Gasteiger partial charge in [0.15, 0.2) is 0 Å². The van der Waals surface area contributed by atoms with E-state index in [2.05, 4.69) is 71.5 Å². The number of likely N-dealkylation sites (tertiary alicyclic amines) is 1. The first-order chi connectivity index (χ1) is 16.5. The lowest BCUT2D eigenvalue weighted by molar-refractivity contribution is -0.121. The third kappa shape index (κ3) is 3.96. The van der Waals surface area contributed by atoms with Gasteiger partial charge in [0, 0.05) is 35.7 Å². The summed E-state index contributed by atoms with van der Waals surface area (Å²) in [6.45, 7) is 7.33. The predicted molar refractivity (Wildman–Crippen MR) is 140 cm³/mol. The molecule has 1 saturated heterocycles. The molecule has 5 nitrogen and oxygen atoms in total. The van der Waals surface area contributed by atoms with Gasteiger partial charge in [-0.15, -0.1) is 0 Å². The zero-order valence-electron chi connectivity index (χ0n) is 20.6. The number of methoxy groups -OCH3 is 1. The van der Waals surface area contributed by atoms with Crippen LogP contribution in [0.25, 0.3) is 10.9 Å². The minimum absolute atomic E-state index is 0.0457. The van der Waals surface area contributed by atoms with Crippen LogP contribution in [-0.4, -0.2) is 54.1 Å². The Bertz CT molecular complexity index is 1200. The number of ether oxygens (including phenoxy) is 1. The summed E-state index contributed by atoms with van der Waals surface area (Å²) in [5, 5.41) is 4.61. The topological polar surface area (TPSA) is 57.4 Å². The number of piperidine rings is 1. The predicted octanol–water partition coefficient (Wildman–Crippen LogP) is 4.87. The highest BCUT2D eigenvalue weighted by molar-refractivity contribution is 7.99. The van der Waals surface area contributed by atoms with Gasteiger partial charge in [0.1, 0.15) is 0 Å². The van der Waals surface area contributed by atoms with Gasteiger partial charge in [-0.25, -0.2) is 0 Å². The van der Waals surface area contributed by atoms with Crippen LogP contribution in [0, 0.1) is 13.8 Å². The molecule has 2 aromatic carbocycles. The third-order valence-electron chi connectivity index (χ3n) is 7.97. The van der Waals surface area contributed by atoms with Crippen molar-refractivity contribution in [2.45, 2.75) is 50.8 Å². The van der Waals surface area contributed by atoms with Gasteiger partial charge in [0.05, 0.1) is 17.9 Å². The Kier molecular flexibility index (Phi) is 6.49. The molecule has 3 aromatic rings. The van der Waals surface area contributed by atoms with Gasteiger partial charge in [0.25, 0.3) is 0 Å². The van der Waals surface area contributed by atoms with Gasteiger partial charge in [0.2, 0.25) is 5.91 Å². The first kappa shape index (κ1) is 23.5. The Hall–Kier alpha value is -2.28. The molecule has 1 aliphatic heterocycles. The van der Waals surface area contributed by atoms with Gasteiger partial charge in [-0.3, -0.25) is 9.69 Å². The van der Waals surface area contributed by atoms with Gasteiger partial charge < -0.3 is 15.0 Å². The Morgan fingerprint density at radius 2 is 1.97 bits per heavy atom. The van der Waals surface area contributed by atoms with E-state index in [1.165, 1.54) is 38.9 Å². The molecule has 34 heavy (non-hydrogen) atoms. The van der Waals surface area contributed by atoms with Crippen LogP contribution < -0.4 is 5.32 Å². The lowest BCUT2D eigenvalue weighted by Gasteiger charge is -2.44.